The van der Waals surface area contributed by atoms with Crippen molar-refractivity contribution in [2.45, 2.75) is 218 Å². The highest BCUT2D eigenvalue weighted by molar-refractivity contribution is 6.29. The number of nitrogens with one attached hydrogen (secondary N) is 3. The van der Waals surface area contributed by atoms with Crippen molar-refractivity contribution in [2.24, 2.45) is 22.7 Å². The highest BCUT2D eigenvalue weighted by atomic mass is 35.5. The molecule has 0 aromatic carbocycles. The number of allylic oxidation sites excluding steroid dienone is 11. The van der Waals surface area contributed by atoms with E-state index in [4.69, 9.17) is 30.5 Å². The number of rotatable bonds is 29. The topological polar surface area (TPSA) is 175 Å². The van der Waals surface area contributed by atoms with Crippen molar-refractivity contribution < 1.29 is 47.7 Å². The fourth-order valence-electron chi connectivity index (χ4n) is 8.42. The number of amides is 3. The van der Waals surface area contributed by atoms with E-state index in [-0.39, 0.29) is 90.3 Å². The van der Waals surface area contributed by atoms with Crippen molar-refractivity contribution in [2.75, 3.05) is 0 Å². The molecule has 3 N–H and O–H groups in total. The van der Waals surface area contributed by atoms with Gasteiger partial charge >= 0.3 is 11.9 Å². The maximum Gasteiger partial charge on any atom is 0.333 e. The summed E-state index contributed by atoms with van der Waals surface area (Å²) in [4.78, 5) is 74.8. The van der Waals surface area contributed by atoms with Gasteiger partial charge in [-0.3, -0.25) is 19.2 Å². The second-order valence-electron chi connectivity index (χ2n) is 23.7. The summed E-state index contributed by atoms with van der Waals surface area (Å²) in [5.74, 6) is -1.41. The van der Waals surface area contributed by atoms with Gasteiger partial charge in [0.15, 0.2) is 5.78 Å². The van der Waals surface area contributed by atoms with E-state index in [1.165, 1.54) is 12.2 Å². The second kappa shape index (κ2) is 38.0. The molecular formula is C67H100ClN3O10. The lowest BCUT2D eigenvalue weighted by Gasteiger charge is -2.29. The summed E-state index contributed by atoms with van der Waals surface area (Å²) in [6.45, 7) is 34.8. The van der Waals surface area contributed by atoms with Gasteiger partial charge in [-0.25, -0.2) is 9.59 Å². The molecule has 2 aliphatic heterocycles. The Bertz CT molecular complexity index is 2430. The van der Waals surface area contributed by atoms with Crippen LogP contribution in [0.25, 0.3) is 0 Å². The van der Waals surface area contributed by atoms with Gasteiger partial charge in [-0.05, 0) is 112 Å². The first kappa shape index (κ1) is 73.1. The Morgan fingerprint density at radius 2 is 1.05 bits per heavy atom. The monoisotopic (exact) mass is 1140 g/mol. The largest absolute Gasteiger partial charge is 0.458 e. The van der Waals surface area contributed by atoms with Gasteiger partial charge in [0.1, 0.15) is 18.2 Å². The van der Waals surface area contributed by atoms with E-state index in [2.05, 4.69) is 28.1 Å². The molecule has 0 fully saturated rings. The van der Waals surface area contributed by atoms with Gasteiger partial charge in [-0.2, -0.15) is 0 Å². The molecular weight excluding hydrogens is 1040 g/mol. The number of halogens is 1. The molecule has 8 atom stereocenters. The number of carbonyl (C=O) groups is 6. The molecule has 0 spiro atoms. The third-order valence-corrected chi connectivity index (χ3v) is 13.0. The fraction of sp³-hybridized carbons (Fsp3) is 0.552. The summed E-state index contributed by atoms with van der Waals surface area (Å²) in [5, 5.41) is 9.20. The molecule has 2 aliphatic rings. The lowest BCUT2D eigenvalue weighted by atomic mass is 9.83. The molecule has 2 rings (SSSR count). The highest BCUT2D eigenvalue weighted by Crippen LogP contribution is 2.25. The van der Waals surface area contributed by atoms with Gasteiger partial charge < -0.3 is 34.9 Å². The molecule has 2 heterocycles. The van der Waals surface area contributed by atoms with Crippen LogP contribution >= 0.6 is 11.6 Å². The van der Waals surface area contributed by atoms with Crippen LogP contribution < -0.4 is 16.0 Å². The predicted molar refractivity (Wildman–Crippen MR) is 331 cm³/mol. The summed E-state index contributed by atoms with van der Waals surface area (Å²) in [7, 11) is 0. The average molecular weight is 1140 g/mol. The first-order chi connectivity index (χ1) is 37.8. The van der Waals surface area contributed by atoms with Crippen LogP contribution in [-0.4, -0.2) is 84.2 Å². The Balaban J connectivity index is 0.000000810. The number of ether oxygens (including phenoxy) is 4. The lowest BCUT2D eigenvalue weighted by Crippen LogP contribution is -2.52. The number of hydrogen-bond donors (Lipinski definition) is 3. The van der Waals surface area contributed by atoms with Gasteiger partial charge in [0.2, 0.25) is 17.7 Å². The first-order valence-electron chi connectivity index (χ1n) is 28.6. The third-order valence-electron chi connectivity index (χ3n) is 12.9. The molecule has 0 saturated carbocycles. The zero-order valence-corrected chi connectivity index (χ0v) is 52.9. The van der Waals surface area contributed by atoms with Crippen molar-refractivity contribution in [3.05, 3.63) is 143 Å². The Kier molecular flexibility index (Phi) is 34.3. The van der Waals surface area contributed by atoms with E-state index in [1.807, 2.05) is 172 Å². The van der Waals surface area contributed by atoms with Gasteiger partial charge in [0.25, 0.3) is 0 Å². The standard InChI is InChI=1S/C34H51NO5.C33H49ClN2O5/c1-10-11-17-28(39-24(2)3)18-13-14-19-29(36)32(34(7,8)9)35-31(37)20-15-12-16-25(4)23-27(6)30-22-21-26(5)33(38)40-30;1-22(2)40-27(18-17-26(6)34)14-12-20-35-31(38)30(33(7,8)9)36-29(37)15-11-10-13-23(3)21-25(5)28-19-16-24(4)32(39)41-28/h10-16,20-21,23-24,27-28,30,32H,17-19,22H2,1-9H3,(H,35,37);10-13,15-17,20-22,25,27-28,30H,14,18-19H2,1-9H3,(H,35,38)(H,36,37)/b11-10-,14-13-,16-12-,20-15-,25-23+;13-10-,15-11-,20-12-,23-21+,26-17+/t27-,28-,30-,32+;25-,27+,28-,30+/m00/s1. The Morgan fingerprint density at radius 3 is 1.47 bits per heavy atom. The predicted octanol–water partition coefficient (Wildman–Crippen LogP) is 14.0. The van der Waals surface area contributed by atoms with Crippen LogP contribution in [0.3, 0.4) is 0 Å². The molecule has 0 aromatic rings. The van der Waals surface area contributed by atoms with Crippen molar-refractivity contribution in [3.8, 4) is 0 Å². The minimum atomic E-state index is -0.740. The van der Waals surface area contributed by atoms with E-state index in [1.54, 1.807) is 44.4 Å². The van der Waals surface area contributed by atoms with Crippen LogP contribution in [0.4, 0.5) is 0 Å². The van der Waals surface area contributed by atoms with Crippen LogP contribution in [0, 0.1) is 22.7 Å². The number of carbonyl (C=O) groups excluding carboxylic acids is 6. The molecule has 0 saturated heterocycles. The number of hydrogen-bond acceptors (Lipinski definition) is 10. The zero-order valence-electron chi connectivity index (χ0n) is 52.2. The Labute approximate surface area is 492 Å². The number of ketones is 1. The lowest BCUT2D eigenvalue weighted by molar-refractivity contribution is -0.148. The van der Waals surface area contributed by atoms with Gasteiger partial charge in [0.05, 0.1) is 30.5 Å². The molecule has 81 heavy (non-hydrogen) atoms. The van der Waals surface area contributed by atoms with E-state index in [0.29, 0.717) is 41.9 Å². The molecule has 0 aromatic heterocycles. The summed E-state index contributed by atoms with van der Waals surface area (Å²) in [5.41, 5.74) is 2.35. The van der Waals surface area contributed by atoms with E-state index in [9.17, 15) is 28.8 Å². The summed E-state index contributed by atoms with van der Waals surface area (Å²) < 4.78 is 22.8. The SMILES string of the molecule is C/C=C\C[C@@H](C/C=C\CC(=O)[C@@H](NC(=O)\C=C/C=C\C(C)=C\[C@H](C)[C@@H]1CC=C(C)C(=O)O1)C(C)(C)C)OC(C)C.CC1=CC[C@@H]([C@@H](C)/C=C(C)/C=C\C=C/C(=O)N[C@H](C(=O)N/C=C\C[C@H](C/C=C(\C)Cl)OC(C)C)C(C)(C)C)OC1=O. The highest BCUT2D eigenvalue weighted by Gasteiger charge is 2.33. The van der Waals surface area contributed by atoms with Crippen LogP contribution in [-0.2, 0) is 47.7 Å². The van der Waals surface area contributed by atoms with E-state index < -0.39 is 22.9 Å². The number of cyclic esters (lactones) is 2. The van der Waals surface area contributed by atoms with Crippen molar-refractivity contribution in [1.29, 1.82) is 0 Å². The maximum absolute atomic E-state index is 13.0. The Hall–Kier alpha value is -5.89. The summed E-state index contributed by atoms with van der Waals surface area (Å²) in [6, 6.07) is -1.35. The normalized spacial score (nSPS) is 19.4. The minimum Gasteiger partial charge on any atom is -0.458 e. The molecule has 14 heteroatoms. The average Bonchev–Trinajstić information content (AvgIpc) is 3.39. The molecule has 450 valence electrons. The van der Waals surface area contributed by atoms with E-state index >= 15 is 0 Å². The van der Waals surface area contributed by atoms with E-state index in [0.717, 1.165) is 24.0 Å². The zero-order chi connectivity index (χ0) is 61.5. The molecule has 3 amide bonds. The maximum atomic E-state index is 13.0. The number of Topliss-reactive ketones (excluding diaryl/α,β-unsaturated/α-hetero) is 1. The van der Waals surface area contributed by atoms with Crippen LogP contribution in [0.5, 0.6) is 0 Å². The van der Waals surface area contributed by atoms with Crippen LogP contribution in [0.1, 0.15) is 170 Å². The smallest absolute Gasteiger partial charge is 0.333 e. The summed E-state index contributed by atoms with van der Waals surface area (Å²) in [6.07, 6.45) is 39.1. The second-order valence-corrected chi connectivity index (χ2v) is 24.3. The van der Waals surface area contributed by atoms with Gasteiger partial charge in [-0.15, -0.1) is 0 Å². The number of esters is 2. The van der Waals surface area contributed by atoms with Crippen LogP contribution in [0.2, 0.25) is 0 Å². The van der Waals surface area contributed by atoms with Crippen LogP contribution in [0.15, 0.2) is 143 Å². The third kappa shape index (κ3) is 32.4. The molecule has 0 bridgehead atoms. The first-order valence-corrected chi connectivity index (χ1v) is 29.0. The Morgan fingerprint density at radius 1 is 0.630 bits per heavy atom. The molecule has 0 aliphatic carbocycles. The van der Waals surface area contributed by atoms with Crippen molar-refractivity contribution in [1.82, 2.24) is 16.0 Å². The van der Waals surface area contributed by atoms with Crippen molar-refractivity contribution >= 4 is 47.0 Å². The quantitative estimate of drug-likeness (QED) is 0.0283. The van der Waals surface area contributed by atoms with Crippen molar-refractivity contribution in [3.63, 3.8) is 0 Å². The fourth-order valence-corrected chi connectivity index (χ4v) is 8.51. The van der Waals surface area contributed by atoms with Gasteiger partial charge in [0, 0.05) is 59.4 Å². The minimum absolute atomic E-state index is 0.0305. The molecule has 0 radical (unpaired) electrons. The summed E-state index contributed by atoms with van der Waals surface area (Å²) >= 11 is 5.96. The van der Waals surface area contributed by atoms with Gasteiger partial charge in [-0.1, -0.05) is 175 Å². The molecule has 13 nitrogen and oxygen atoms in total. The molecule has 0 unspecified atom stereocenters.